The van der Waals surface area contributed by atoms with Gasteiger partial charge in [0.05, 0.1) is 17.2 Å². The van der Waals surface area contributed by atoms with Crippen LogP contribution in [0.15, 0.2) is 65.6 Å². The number of fused-ring (bicyclic) bond motifs is 2. The van der Waals surface area contributed by atoms with Gasteiger partial charge in [0.15, 0.2) is 0 Å². The van der Waals surface area contributed by atoms with Gasteiger partial charge in [0, 0.05) is 16.8 Å². The number of sulfonamides is 1. The Hall–Kier alpha value is -2.53. The highest BCUT2D eigenvalue weighted by Crippen LogP contribution is 2.39. The van der Waals surface area contributed by atoms with Crippen LogP contribution in [0.3, 0.4) is 0 Å². The van der Waals surface area contributed by atoms with Crippen molar-refractivity contribution in [1.29, 1.82) is 0 Å². The Labute approximate surface area is 154 Å². The fraction of sp³-hybridized carbons (Fsp3) is 0.238. The Morgan fingerprint density at radius 3 is 2.46 bits per heavy atom. The van der Waals surface area contributed by atoms with Crippen LogP contribution in [0.2, 0.25) is 0 Å². The average molecular weight is 367 g/mol. The van der Waals surface area contributed by atoms with Crippen molar-refractivity contribution in [3.63, 3.8) is 0 Å². The van der Waals surface area contributed by atoms with E-state index in [0.717, 1.165) is 23.1 Å². The van der Waals surface area contributed by atoms with Gasteiger partial charge in [-0.2, -0.15) is 0 Å². The van der Waals surface area contributed by atoms with Crippen LogP contribution < -0.4 is 9.04 Å². The van der Waals surface area contributed by atoms with Crippen molar-refractivity contribution < 1.29 is 13.2 Å². The Bertz CT molecular complexity index is 1080. The van der Waals surface area contributed by atoms with E-state index in [4.69, 9.17) is 4.74 Å². The van der Waals surface area contributed by atoms with Crippen LogP contribution >= 0.6 is 0 Å². The number of ether oxygens (including phenoxy) is 1. The van der Waals surface area contributed by atoms with Crippen LogP contribution in [0.5, 0.6) is 5.75 Å². The lowest BCUT2D eigenvalue weighted by molar-refractivity contribution is 0.344. The molecule has 1 aliphatic rings. The number of rotatable bonds is 4. The van der Waals surface area contributed by atoms with Gasteiger partial charge < -0.3 is 4.74 Å². The van der Waals surface area contributed by atoms with Crippen LogP contribution in [-0.4, -0.2) is 21.1 Å². The number of para-hydroxylation sites is 1. The second kappa shape index (κ2) is 6.32. The Morgan fingerprint density at radius 1 is 1.00 bits per heavy atom. The van der Waals surface area contributed by atoms with Crippen molar-refractivity contribution in [1.82, 2.24) is 0 Å². The molecule has 1 aliphatic heterocycles. The first-order valence-electron chi connectivity index (χ1n) is 8.81. The second-order valence-electron chi connectivity index (χ2n) is 6.52. The molecule has 1 heterocycles. The first-order valence-corrected chi connectivity index (χ1v) is 10.2. The van der Waals surface area contributed by atoms with E-state index in [1.54, 1.807) is 16.4 Å². The second-order valence-corrected chi connectivity index (χ2v) is 8.31. The fourth-order valence-corrected chi connectivity index (χ4v) is 5.65. The Balaban J connectivity index is 1.92. The molecule has 4 nitrogen and oxygen atoms in total. The van der Waals surface area contributed by atoms with E-state index in [9.17, 15) is 8.42 Å². The van der Waals surface area contributed by atoms with E-state index >= 15 is 0 Å². The maximum absolute atomic E-state index is 13.6. The normalized spacial score (nSPS) is 16.7. The van der Waals surface area contributed by atoms with Gasteiger partial charge in [0.2, 0.25) is 0 Å². The molecular weight excluding hydrogens is 346 g/mol. The van der Waals surface area contributed by atoms with Gasteiger partial charge in [-0.3, -0.25) is 4.31 Å². The van der Waals surface area contributed by atoms with Crippen LogP contribution in [0.1, 0.15) is 19.4 Å². The summed E-state index contributed by atoms with van der Waals surface area (Å²) in [7, 11) is -3.68. The van der Waals surface area contributed by atoms with E-state index < -0.39 is 10.0 Å². The van der Waals surface area contributed by atoms with E-state index in [1.165, 1.54) is 0 Å². The average Bonchev–Trinajstić information content (AvgIpc) is 2.98. The molecule has 0 aromatic heterocycles. The van der Waals surface area contributed by atoms with Crippen molar-refractivity contribution in [3.8, 4) is 5.75 Å². The number of benzene rings is 3. The number of anilines is 1. The van der Waals surface area contributed by atoms with Crippen LogP contribution in [0.4, 0.5) is 5.69 Å². The highest BCUT2D eigenvalue weighted by molar-refractivity contribution is 7.93. The summed E-state index contributed by atoms with van der Waals surface area (Å²) in [4.78, 5) is 0.320. The molecule has 0 saturated carbocycles. The highest BCUT2D eigenvalue weighted by Gasteiger charge is 2.36. The standard InChI is InChI=1S/C21H21NO3S/c1-3-25-20-12-13-21(18-10-6-5-9-17(18)20)26(23,24)22-15(2)14-16-8-4-7-11-19(16)22/h4-13,15H,3,14H2,1-2H3/t15-/m0/s1. The molecule has 0 spiro atoms. The molecule has 0 aliphatic carbocycles. The molecule has 4 rings (SSSR count). The smallest absolute Gasteiger partial charge is 0.265 e. The number of hydrogen-bond acceptors (Lipinski definition) is 3. The summed E-state index contributed by atoms with van der Waals surface area (Å²) in [5, 5.41) is 1.51. The molecule has 0 radical (unpaired) electrons. The maximum Gasteiger partial charge on any atom is 0.265 e. The third-order valence-electron chi connectivity index (χ3n) is 4.83. The molecule has 0 amide bonds. The van der Waals surface area contributed by atoms with Crippen LogP contribution in [0.25, 0.3) is 10.8 Å². The summed E-state index contributed by atoms with van der Waals surface area (Å²) >= 11 is 0. The zero-order valence-electron chi connectivity index (χ0n) is 14.8. The lowest BCUT2D eigenvalue weighted by atomic mass is 10.1. The third kappa shape index (κ3) is 2.54. The zero-order chi connectivity index (χ0) is 18.3. The summed E-state index contributed by atoms with van der Waals surface area (Å²) in [6.45, 7) is 4.41. The lowest BCUT2D eigenvalue weighted by Crippen LogP contribution is -2.35. The molecule has 3 aromatic rings. The van der Waals surface area contributed by atoms with Crippen LogP contribution in [0, 0.1) is 0 Å². The Kier molecular flexibility index (Phi) is 4.11. The third-order valence-corrected chi connectivity index (χ3v) is 6.81. The molecule has 0 fully saturated rings. The zero-order valence-corrected chi connectivity index (χ0v) is 15.7. The summed E-state index contributed by atoms with van der Waals surface area (Å²) in [5.74, 6) is 0.705. The van der Waals surface area contributed by atoms with Gasteiger partial charge in [0.1, 0.15) is 5.75 Å². The predicted molar refractivity (Wildman–Crippen MR) is 104 cm³/mol. The molecule has 0 bridgehead atoms. The van der Waals surface area contributed by atoms with Crippen molar-refractivity contribution in [3.05, 3.63) is 66.2 Å². The lowest BCUT2D eigenvalue weighted by Gasteiger charge is -2.25. The largest absolute Gasteiger partial charge is 0.493 e. The van der Waals surface area contributed by atoms with Gasteiger partial charge in [0.25, 0.3) is 10.0 Å². The predicted octanol–water partition coefficient (Wildman–Crippen LogP) is 4.38. The molecule has 26 heavy (non-hydrogen) atoms. The maximum atomic E-state index is 13.6. The van der Waals surface area contributed by atoms with Crippen molar-refractivity contribution in [2.24, 2.45) is 0 Å². The van der Waals surface area contributed by atoms with Gasteiger partial charge in [-0.05, 0) is 44.0 Å². The molecule has 134 valence electrons. The van der Waals surface area contributed by atoms with E-state index in [-0.39, 0.29) is 6.04 Å². The monoisotopic (exact) mass is 367 g/mol. The molecule has 0 unspecified atom stereocenters. The van der Waals surface area contributed by atoms with Gasteiger partial charge in [-0.1, -0.05) is 42.5 Å². The van der Waals surface area contributed by atoms with Crippen molar-refractivity contribution in [2.45, 2.75) is 31.2 Å². The molecule has 0 saturated heterocycles. The molecule has 5 heteroatoms. The number of hydrogen-bond donors (Lipinski definition) is 0. The van der Waals surface area contributed by atoms with Gasteiger partial charge >= 0.3 is 0 Å². The summed E-state index contributed by atoms with van der Waals surface area (Å²) in [6.07, 6.45) is 0.727. The molecular formula is C21H21NO3S. The summed E-state index contributed by atoms with van der Waals surface area (Å²) < 4.78 is 34.4. The minimum atomic E-state index is -3.68. The molecule has 1 atom stereocenters. The van der Waals surface area contributed by atoms with E-state index in [2.05, 4.69) is 0 Å². The number of nitrogens with zero attached hydrogens (tertiary/aromatic N) is 1. The van der Waals surface area contributed by atoms with Crippen molar-refractivity contribution >= 4 is 26.5 Å². The molecule has 3 aromatic carbocycles. The van der Waals surface area contributed by atoms with Gasteiger partial charge in [-0.15, -0.1) is 0 Å². The summed E-state index contributed by atoms with van der Waals surface area (Å²) in [6, 6.07) is 18.5. The quantitative estimate of drug-likeness (QED) is 0.687. The summed E-state index contributed by atoms with van der Waals surface area (Å²) in [5.41, 5.74) is 1.84. The Morgan fingerprint density at radius 2 is 1.69 bits per heavy atom. The molecule has 0 N–H and O–H groups in total. The topological polar surface area (TPSA) is 46.6 Å². The SMILES string of the molecule is CCOc1ccc(S(=O)(=O)N2c3ccccc3C[C@@H]2C)c2ccccc12. The first kappa shape index (κ1) is 16.9. The van der Waals surface area contributed by atoms with Gasteiger partial charge in [-0.25, -0.2) is 8.42 Å². The van der Waals surface area contributed by atoms with Crippen molar-refractivity contribution in [2.75, 3.05) is 10.9 Å². The fourth-order valence-electron chi connectivity index (χ4n) is 3.76. The minimum absolute atomic E-state index is 0.109. The minimum Gasteiger partial charge on any atom is -0.493 e. The highest BCUT2D eigenvalue weighted by atomic mass is 32.2. The van der Waals surface area contributed by atoms with Crippen LogP contribution in [-0.2, 0) is 16.4 Å². The van der Waals surface area contributed by atoms with E-state index in [1.807, 2.05) is 62.4 Å². The first-order chi connectivity index (χ1) is 12.5. The van der Waals surface area contributed by atoms with E-state index in [0.29, 0.717) is 22.6 Å².